The van der Waals surface area contributed by atoms with Crippen molar-refractivity contribution in [3.8, 4) is 11.3 Å². The molecule has 0 bridgehead atoms. The van der Waals surface area contributed by atoms with Crippen LogP contribution in [0.15, 0.2) is 29.8 Å². The van der Waals surface area contributed by atoms with Gasteiger partial charge in [-0.1, -0.05) is 0 Å². The monoisotopic (exact) mass is 392 g/mol. The van der Waals surface area contributed by atoms with Gasteiger partial charge in [-0.15, -0.1) is 11.3 Å². The minimum atomic E-state index is -1.04. The van der Waals surface area contributed by atoms with E-state index < -0.39 is 23.1 Å². The van der Waals surface area contributed by atoms with E-state index in [1.165, 1.54) is 0 Å². The lowest BCUT2D eigenvalue weighted by Crippen LogP contribution is -2.27. The van der Waals surface area contributed by atoms with Gasteiger partial charge >= 0.3 is 0 Å². The van der Waals surface area contributed by atoms with E-state index in [1.807, 2.05) is 0 Å². The Labute approximate surface area is 156 Å². The fraction of sp³-hybridized carbons (Fsp3) is 0.222. The minimum absolute atomic E-state index is 0.0530. The molecule has 4 rings (SSSR count). The maximum Gasteiger partial charge on any atom is 0.270 e. The number of carbonyl (C=O) groups is 1. The van der Waals surface area contributed by atoms with E-state index in [2.05, 4.69) is 15.3 Å². The van der Waals surface area contributed by atoms with Crippen molar-refractivity contribution in [1.82, 2.24) is 14.9 Å². The minimum Gasteiger partial charge on any atom is -0.357 e. The number of benzene rings is 1. The highest BCUT2D eigenvalue weighted by atomic mass is 32.1. The molecule has 2 aromatic heterocycles. The van der Waals surface area contributed by atoms with E-state index in [9.17, 15) is 18.0 Å². The van der Waals surface area contributed by atoms with Crippen molar-refractivity contribution in [1.29, 1.82) is 0 Å². The number of aromatic amines is 1. The van der Waals surface area contributed by atoms with Crippen LogP contribution in [0.2, 0.25) is 0 Å². The molecule has 1 fully saturated rings. The summed E-state index contributed by atoms with van der Waals surface area (Å²) in [6.07, 6.45) is 3.69. The molecule has 9 heteroatoms. The van der Waals surface area contributed by atoms with Crippen molar-refractivity contribution in [2.75, 3.05) is 18.4 Å². The van der Waals surface area contributed by atoms with Crippen LogP contribution in [0.25, 0.3) is 11.3 Å². The van der Waals surface area contributed by atoms with E-state index in [0.29, 0.717) is 29.1 Å². The van der Waals surface area contributed by atoms with E-state index >= 15 is 0 Å². The molecule has 1 aliphatic rings. The number of aromatic nitrogens is 2. The zero-order chi connectivity index (χ0) is 19.0. The molecule has 0 spiro atoms. The highest BCUT2D eigenvalue weighted by Gasteiger charge is 2.21. The van der Waals surface area contributed by atoms with Gasteiger partial charge in [0.2, 0.25) is 0 Å². The zero-order valence-corrected chi connectivity index (χ0v) is 14.9. The smallest absolute Gasteiger partial charge is 0.270 e. The maximum atomic E-state index is 13.8. The second-order valence-corrected chi connectivity index (χ2v) is 7.07. The van der Waals surface area contributed by atoms with Gasteiger partial charge in [-0.3, -0.25) is 4.79 Å². The van der Waals surface area contributed by atoms with Crippen molar-refractivity contribution in [3.63, 3.8) is 0 Å². The average molecular weight is 392 g/mol. The van der Waals surface area contributed by atoms with Crippen LogP contribution in [0.5, 0.6) is 0 Å². The van der Waals surface area contributed by atoms with E-state index in [0.717, 1.165) is 37.3 Å². The first-order chi connectivity index (χ1) is 13.0. The number of hydrogen-bond acceptors (Lipinski definition) is 4. The number of likely N-dealkylation sites (tertiary alicyclic amines) is 1. The molecule has 1 aliphatic heterocycles. The molecule has 1 amide bonds. The van der Waals surface area contributed by atoms with Crippen LogP contribution in [0, 0.1) is 17.5 Å². The Kier molecular flexibility index (Phi) is 4.61. The number of nitrogens with one attached hydrogen (secondary N) is 2. The molecule has 0 saturated carbocycles. The maximum absolute atomic E-state index is 13.8. The van der Waals surface area contributed by atoms with Crippen molar-refractivity contribution in [2.45, 2.75) is 12.8 Å². The van der Waals surface area contributed by atoms with E-state index in [-0.39, 0.29) is 11.0 Å². The normalized spacial score (nSPS) is 14.0. The summed E-state index contributed by atoms with van der Waals surface area (Å²) in [6.45, 7) is 1.51. The molecular formula is C18H15F3N4OS. The number of H-pyrrole nitrogens is 1. The fourth-order valence-electron chi connectivity index (χ4n) is 2.99. The summed E-state index contributed by atoms with van der Waals surface area (Å²) in [4.78, 5) is 21.4. The second kappa shape index (κ2) is 7.07. The van der Waals surface area contributed by atoms with Gasteiger partial charge in [0.15, 0.2) is 16.8 Å². The van der Waals surface area contributed by atoms with Crippen LogP contribution in [-0.4, -0.2) is 33.9 Å². The van der Waals surface area contributed by atoms with E-state index in [1.54, 1.807) is 22.5 Å². The third kappa shape index (κ3) is 3.55. The standard InChI is InChI=1S/C18H15F3N4OS/c19-11-6-12(20)16(13(21)7-11)24-18-23-15(9-27-18)10-5-14(22-8-10)17(26)25-3-1-2-4-25/h5-9,22H,1-4H2,(H,23,24). The van der Waals surface area contributed by atoms with Gasteiger partial charge in [-0.2, -0.15) is 0 Å². The molecule has 27 heavy (non-hydrogen) atoms. The largest absolute Gasteiger partial charge is 0.357 e. The number of nitrogens with zero attached hydrogens (tertiary/aromatic N) is 2. The molecule has 0 atom stereocenters. The highest BCUT2D eigenvalue weighted by Crippen LogP contribution is 2.30. The number of carbonyl (C=O) groups excluding carboxylic acids is 1. The van der Waals surface area contributed by atoms with Gasteiger partial charge in [0.25, 0.3) is 5.91 Å². The van der Waals surface area contributed by atoms with Gasteiger partial charge in [0.1, 0.15) is 17.2 Å². The lowest BCUT2D eigenvalue weighted by molar-refractivity contribution is 0.0787. The molecule has 1 aromatic carbocycles. The summed E-state index contributed by atoms with van der Waals surface area (Å²) >= 11 is 1.15. The molecular weight excluding hydrogens is 377 g/mol. The molecule has 0 radical (unpaired) electrons. The molecule has 3 heterocycles. The number of hydrogen-bond donors (Lipinski definition) is 2. The number of amides is 1. The van der Waals surface area contributed by atoms with Gasteiger partial charge in [0.05, 0.1) is 5.69 Å². The summed E-state index contributed by atoms with van der Waals surface area (Å²) in [6, 6.07) is 2.91. The van der Waals surface area contributed by atoms with Crippen LogP contribution in [0.4, 0.5) is 24.0 Å². The Morgan fingerprint density at radius 3 is 2.56 bits per heavy atom. The predicted octanol–water partition coefficient (Wildman–Crippen LogP) is 4.54. The summed E-state index contributed by atoms with van der Waals surface area (Å²) in [5, 5.41) is 4.49. The summed E-state index contributed by atoms with van der Waals surface area (Å²) in [5.41, 5.74) is 1.27. The van der Waals surface area contributed by atoms with Crippen LogP contribution < -0.4 is 5.32 Å². The molecule has 0 aliphatic carbocycles. The first-order valence-corrected chi connectivity index (χ1v) is 9.24. The van der Waals surface area contributed by atoms with Gasteiger partial charge in [-0.25, -0.2) is 18.2 Å². The van der Waals surface area contributed by atoms with E-state index in [4.69, 9.17) is 0 Å². The molecule has 3 aromatic rings. The van der Waals surface area contributed by atoms with Crippen LogP contribution >= 0.6 is 11.3 Å². The molecule has 0 unspecified atom stereocenters. The second-order valence-electron chi connectivity index (χ2n) is 6.21. The lowest BCUT2D eigenvalue weighted by Gasteiger charge is -2.13. The fourth-order valence-corrected chi connectivity index (χ4v) is 3.71. The number of anilines is 2. The SMILES string of the molecule is O=C(c1cc(-c2csc(Nc3c(F)cc(F)cc3F)n2)c[nH]1)N1CCCC1. The van der Waals surface area contributed by atoms with Crippen LogP contribution in [0.3, 0.4) is 0 Å². The van der Waals surface area contributed by atoms with Crippen molar-refractivity contribution in [3.05, 3.63) is 52.9 Å². The van der Waals surface area contributed by atoms with Gasteiger partial charge in [0, 0.05) is 42.4 Å². The van der Waals surface area contributed by atoms with Crippen LogP contribution in [0.1, 0.15) is 23.3 Å². The van der Waals surface area contributed by atoms with Crippen molar-refractivity contribution in [2.24, 2.45) is 0 Å². The topological polar surface area (TPSA) is 61.0 Å². The number of halogens is 3. The Bertz CT molecular complexity index is 971. The summed E-state index contributed by atoms with van der Waals surface area (Å²) in [7, 11) is 0. The molecule has 2 N–H and O–H groups in total. The first kappa shape index (κ1) is 17.6. The first-order valence-electron chi connectivity index (χ1n) is 8.36. The zero-order valence-electron chi connectivity index (χ0n) is 14.1. The quantitative estimate of drug-likeness (QED) is 0.686. The Hall–Kier alpha value is -2.81. The lowest BCUT2D eigenvalue weighted by atomic mass is 10.2. The Morgan fingerprint density at radius 2 is 1.85 bits per heavy atom. The van der Waals surface area contributed by atoms with Crippen LogP contribution in [-0.2, 0) is 0 Å². The van der Waals surface area contributed by atoms with Gasteiger partial charge < -0.3 is 15.2 Å². The summed E-state index contributed by atoms with van der Waals surface area (Å²) < 4.78 is 40.5. The molecule has 140 valence electrons. The molecule has 1 saturated heterocycles. The predicted molar refractivity (Wildman–Crippen MR) is 96.6 cm³/mol. The van der Waals surface area contributed by atoms with Gasteiger partial charge in [-0.05, 0) is 18.9 Å². The number of thiazole rings is 1. The van der Waals surface area contributed by atoms with Crippen molar-refractivity contribution >= 4 is 28.1 Å². The summed E-state index contributed by atoms with van der Waals surface area (Å²) in [5.74, 6) is -3.12. The highest BCUT2D eigenvalue weighted by molar-refractivity contribution is 7.14. The van der Waals surface area contributed by atoms with Crippen molar-refractivity contribution < 1.29 is 18.0 Å². The third-order valence-electron chi connectivity index (χ3n) is 4.35. The number of rotatable bonds is 4. The Balaban J connectivity index is 1.52. The third-order valence-corrected chi connectivity index (χ3v) is 5.10. The Morgan fingerprint density at radius 1 is 1.15 bits per heavy atom. The molecule has 5 nitrogen and oxygen atoms in total. The average Bonchev–Trinajstić information content (AvgIpc) is 3.38.